The smallest absolute Gasteiger partial charge is 0.338 e. The second kappa shape index (κ2) is 8.06. The fourth-order valence-corrected chi connectivity index (χ4v) is 10.2. The molecule has 4 saturated carbocycles. The monoisotopic (exact) mass is 530 g/mol. The number of carbonyl (C=O) groups excluding carboxylic acids is 2. The predicted octanol–water partition coefficient (Wildman–Crippen LogP) is 5.69. The molecule has 0 unspecified atom stereocenters. The molecule has 5 fully saturated rings. The van der Waals surface area contributed by atoms with Crippen molar-refractivity contribution in [3.8, 4) is 0 Å². The average molecular weight is 531 g/mol. The molecule has 5 nitrogen and oxygen atoms in total. The van der Waals surface area contributed by atoms with Gasteiger partial charge in [-0.25, -0.2) is 4.79 Å². The number of hydrogen-bond acceptors (Lipinski definition) is 5. The van der Waals surface area contributed by atoms with Gasteiger partial charge in [0, 0.05) is 24.2 Å². The summed E-state index contributed by atoms with van der Waals surface area (Å²) in [4.78, 5) is 24.5. The molecule has 0 radical (unpaired) electrons. The lowest BCUT2D eigenvalue weighted by atomic mass is 9.45. The van der Waals surface area contributed by atoms with Crippen molar-refractivity contribution in [2.45, 2.75) is 87.9 Å². The normalized spacial score (nSPS) is 46.7. The van der Waals surface area contributed by atoms with E-state index in [0.717, 1.165) is 58.0 Å². The minimum atomic E-state index is -0.191. The van der Waals surface area contributed by atoms with Crippen LogP contribution >= 0.6 is 15.9 Å². The maximum atomic E-state index is 12.9. The number of esters is 2. The Hall–Kier alpha value is -1.40. The van der Waals surface area contributed by atoms with Crippen molar-refractivity contribution in [3.05, 3.63) is 35.9 Å². The van der Waals surface area contributed by atoms with Gasteiger partial charge in [0.15, 0.2) is 0 Å². The molecule has 0 aromatic heterocycles. The molecular weight excluding hydrogens is 496 g/mol. The first-order valence-electron chi connectivity index (χ1n) is 13.0. The van der Waals surface area contributed by atoms with Crippen molar-refractivity contribution in [1.29, 1.82) is 0 Å². The molecular formula is C28H35BrO5. The van der Waals surface area contributed by atoms with E-state index in [-0.39, 0.29) is 45.4 Å². The summed E-state index contributed by atoms with van der Waals surface area (Å²) >= 11 is 4.22. The Morgan fingerprint density at radius 2 is 1.82 bits per heavy atom. The number of ether oxygens (including phenoxy) is 3. The van der Waals surface area contributed by atoms with Crippen molar-refractivity contribution >= 4 is 27.9 Å². The third-order valence-electron chi connectivity index (χ3n) is 10.5. The van der Waals surface area contributed by atoms with Crippen molar-refractivity contribution in [1.82, 2.24) is 0 Å². The lowest BCUT2D eigenvalue weighted by Gasteiger charge is -2.62. The molecule has 5 aliphatic rings. The molecule has 1 aromatic carbocycles. The topological polar surface area (TPSA) is 61.8 Å². The number of carbonyl (C=O) groups is 2. The van der Waals surface area contributed by atoms with E-state index in [1.54, 1.807) is 0 Å². The number of rotatable bonds is 3. The lowest BCUT2D eigenvalue weighted by molar-refractivity contribution is -0.154. The molecule has 0 spiro atoms. The Labute approximate surface area is 210 Å². The molecule has 0 amide bonds. The van der Waals surface area contributed by atoms with Crippen LogP contribution in [0.3, 0.4) is 0 Å². The van der Waals surface area contributed by atoms with E-state index in [0.29, 0.717) is 23.3 Å². The maximum absolute atomic E-state index is 12.9. The van der Waals surface area contributed by atoms with Gasteiger partial charge in [-0.2, -0.15) is 0 Å². The Morgan fingerprint density at radius 3 is 2.59 bits per heavy atom. The van der Waals surface area contributed by atoms with Gasteiger partial charge < -0.3 is 14.2 Å². The number of alkyl halides is 1. The van der Waals surface area contributed by atoms with Crippen LogP contribution in [0.25, 0.3) is 0 Å². The van der Waals surface area contributed by atoms with Crippen LogP contribution in [0.1, 0.15) is 75.6 Å². The Kier molecular flexibility index (Phi) is 5.46. The lowest BCUT2D eigenvalue weighted by Crippen LogP contribution is -2.64. The first-order valence-corrected chi connectivity index (χ1v) is 13.8. The van der Waals surface area contributed by atoms with Gasteiger partial charge in [0.1, 0.15) is 12.2 Å². The summed E-state index contributed by atoms with van der Waals surface area (Å²) in [5, 5.41) is 0. The van der Waals surface area contributed by atoms with Crippen LogP contribution in [0.2, 0.25) is 0 Å². The fourth-order valence-electron chi connectivity index (χ4n) is 8.95. The predicted molar refractivity (Wildman–Crippen MR) is 131 cm³/mol. The first kappa shape index (κ1) is 23.0. The Morgan fingerprint density at radius 1 is 1.03 bits per heavy atom. The van der Waals surface area contributed by atoms with Gasteiger partial charge in [-0.05, 0) is 74.8 Å². The van der Waals surface area contributed by atoms with Gasteiger partial charge in [0.05, 0.1) is 22.6 Å². The number of hydrogen-bond donors (Lipinski definition) is 0. The molecule has 6 rings (SSSR count). The van der Waals surface area contributed by atoms with Gasteiger partial charge in [0.2, 0.25) is 0 Å². The van der Waals surface area contributed by atoms with Crippen LogP contribution in [-0.2, 0) is 19.0 Å². The number of halogens is 1. The summed E-state index contributed by atoms with van der Waals surface area (Å²) in [5.41, 5.74) is 0.778. The van der Waals surface area contributed by atoms with E-state index in [1.807, 2.05) is 30.3 Å². The van der Waals surface area contributed by atoms with Gasteiger partial charge in [-0.15, -0.1) is 0 Å². The van der Waals surface area contributed by atoms with E-state index in [4.69, 9.17) is 14.2 Å². The summed E-state index contributed by atoms with van der Waals surface area (Å²) in [5.74, 6) is 1.38. The second-order valence-electron chi connectivity index (χ2n) is 11.8. The third-order valence-corrected chi connectivity index (χ3v) is 12.1. The van der Waals surface area contributed by atoms with Gasteiger partial charge in [-0.1, -0.05) is 41.1 Å². The standard InChI is InChI=1S/C28H35BrO5/c1-17(30)33-19-10-13-27-16-32-24(28(27,29)15-19)14-20-21-8-9-23(26(21,2)12-11-22(20)27)34-25(31)18-6-4-3-5-7-18/h3-7,19-24H,8-16H2,1-2H3/t19-,20+,21+,22+,23+,24+,26+,27+,28+/m1/s1. The minimum absolute atomic E-state index is 0.0161. The molecule has 0 N–H and O–H groups in total. The second-order valence-corrected chi connectivity index (χ2v) is 13.2. The summed E-state index contributed by atoms with van der Waals surface area (Å²) in [6.45, 7) is 4.70. The molecule has 1 saturated heterocycles. The van der Waals surface area contributed by atoms with E-state index in [1.165, 1.54) is 6.92 Å². The average Bonchev–Trinajstić information content (AvgIpc) is 3.21. The summed E-state index contributed by atoms with van der Waals surface area (Å²) < 4.78 is 18.2. The molecule has 1 aromatic rings. The highest BCUT2D eigenvalue weighted by Gasteiger charge is 2.72. The van der Waals surface area contributed by atoms with Crippen LogP contribution in [0.5, 0.6) is 0 Å². The maximum Gasteiger partial charge on any atom is 0.338 e. The molecule has 1 heterocycles. The highest BCUT2D eigenvalue weighted by molar-refractivity contribution is 9.10. The molecule has 1 aliphatic heterocycles. The van der Waals surface area contributed by atoms with Crippen LogP contribution in [0.4, 0.5) is 0 Å². The SMILES string of the molecule is CC(=O)O[C@@H]1CC[C@]23CO[C@@H](C[C@H]4[C@@H]5CC[C@H](OC(=O)c6ccccc6)[C@@]5(C)CC[C@@H]42)[C@@]3(Br)C1. The third kappa shape index (κ3) is 3.20. The van der Waals surface area contributed by atoms with E-state index in [9.17, 15) is 9.59 Å². The zero-order valence-electron chi connectivity index (χ0n) is 20.1. The van der Waals surface area contributed by atoms with Gasteiger partial charge in [-0.3, -0.25) is 4.79 Å². The molecule has 4 aliphatic carbocycles. The molecule has 34 heavy (non-hydrogen) atoms. The highest BCUT2D eigenvalue weighted by Crippen LogP contribution is 2.72. The zero-order chi connectivity index (χ0) is 23.7. The van der Waals surface area contributed by atoms with Crippen LogP contribution < -0.4 is 0 Å². The van der Waals surface area contributed by atoms with Crippen LogP contribution in [0, 0.1) is 28.6 Å². The van der Waals surface area contributed by atoms with E-state index in [2.05, 4.69) is 22.9 Å². The fraction of sp³-hybridized carbons (Fsp3) is 0.714. The molecule has 184 valence electrons. The van der Waals surface area contributed by atoms with Crippen LogP contribution in [-0.4, -0.2) is 41.2 Å². The van der Waals surface area contributed by atoms with Crippen molar-refractivity contribution in [2.24, 2.45) is 28.6 Å². The zero-order valence-corrected chi connectivity index (χ0v) is 21.7. The van der Waals surface area contributed by atoms with Gasteiger partial charge in [0.25, 0.3) is 0 Å². The van der Waals surface area contributed by atoms with Crippen LogP contribution in [0.15, 0.2) is 30.3 Å². The Balaban J connectivity index is 1.23. The minimum Gasteiger partial charge on any atom is -0.463 e. The molecule has 6 heteroatoms. The quantitative estimate of drug-likeness (QED) is 0.370. The first-order chi connectivity index (χ1) is 16.3. The summed E-state index contributed by atoms with van der Waals surface area (Å²) in [6.07, 6.45) is 8.30. The van der Waals surface area contributed by atoms with Crippen molar-refractivity contribution in [2.75, 3.05) is 6.61 Å². The Bertz CT molecular complexity index is 982. The largest absolute Gasteiger partial charge is 0.463 e. The van der Waals surface area contributed by atoms with Crippen molar-refractivity contribution < 1.29 is 23.8 Å². The van der Waals surface area contributed by atoms with E-state index >= 15 is 0 Å². The molecule has 9 atom stereocenters. The van der Waals surface area contributed by atoms with E-state index < -0.39 is 0 Å². The summed E-state index contributed by atoms with van der Waals surface area (Å²) in [6, 6.07) is 9.38. The molecule has 2 bridgehead atoms. The highest BCUT2D eigenvalue weighted by atomic mass is 79.9. The summed E-state index contributed by atoms with van der Waals surface area (Å²) in [7, 11) is 0. The number of fused-ring (bicyclic) bond motifs is 3. The van der Waals surface area contributed by atoms with Gasteiger partial charge >= 0.3 is 11.9 Å². The van der Waals surface area contributed by atoms with Crippen molar-refractivity contribution in [3.63, 3.8) is 0 Å². The number of benzene rings is 1.